The van der Waals surface area contributed by atoms with Crippen LogP contribution < -0.4 is 10.1 Å². The fraction of sp³-hybridized carbons (Fsp3) is 0.438. The highest BCUT2D eigenvalue weighted by molar-refractivity contribution is 5.89. The zero-order valence-corrected chi connectivity index (χ0v) is 13.7. The van der Waals surface area contributed by atoms with Gasteiger partial charge in [0.25, 0.3) is 0 Å². The van der Waals surface area contributed by atoms with Crippen LogP contribution in [0.15, 0.2) is 29.4 Å². The topological polar surface area (TPSA) is 100 Å². The number of hydrazone groups is 1. The van der Waals surface area contributed by atoms with E-state index in [0.717, 1.165) is 5.56 Å². The number of amidine groups is 1. The summed E-state index contributed by atoms with van der Waals surface area (Å²) in [6, 6.07) is 6.54. The molecule has 1 amide bonds. The van der Waals surface area contributed by atoms with Crippen molar-refractivity contribution in [3.8, 4) is 5.75 Å². The molecule has 1 atom stereocenters. The SMILES string of the molecule is COC(=O)N(Cc1ccc(OC)cc1)/N=C1\CCCC(C(=O)O)N1. The Hall–Kier alpha value is -2.77. The molecule has 0 spiro atoms. The highest BCUT2D eigenvalue weighted by atomic mass is 16.5. The van der Waals surface area contributed by atoms with Gasteiger partial charge in [0.05, 0.1) is 20.8 Å². The summed E-state index contributed by atoms with van der Waals surface area (Å²) in [5.74, 6) is 0.252. The lowest BCUT2D eigenvalue weighted by Crippen LogP contribution is -2.45. The first-order valence-corrected chi connectivity index (χ1v) is 7.58. The molecule has 0 radical (unpaired) electrons. The number of benzene rings is 1. The third kappa shape index (κ3) is 4.61. The number of nitrogens with one attached hydrogen (secondary N) is 1. The Balaban J connectivity index is 2.13. The van der Waals surface area contributed by atoms with E-state index in [9.17, 15) is 9.59 Å². The molecule has 130 valence electrons. The molecule has 0 saturated carbocycles. The molecule has 8 heteroatoms. The number of piperidine rings is 1. The van der Waals surface area contributed by atoms with Crippen molar-refractivity contribution in [1.82, 2.24) is 10.3 Å². The summed E-state index contributed by atoms with van der Waals surface area (Å²) in [5.41, 5.74) is 0.844. The van der Waals surface area contributed by atoms with Crippen molar-refractivity contribution < 1.29 is 24.2 Å². The summed E-state index contributed by atoms with van der Waals surface area (Å²) >= 11 is 0. The minimum absolute atomic E-state index is 0.208. The Kier molecular flexibility index (Phi) is 6.00. The molecule has 1 fully saturated rings. The smallest absolute Gasteiger partial charge is 0.430 e. The summed E-state index contributed by atoms with van der Waals surface area (Å²) in [5, 5.41) is 17.4. The number of methoxy groups -OCH3 is 2. The lowest BCUT2D eigenvalue weighted by molar-refractivity contribution is -0.139. The van der Waals surface area contributed by atoms with E-state index in [4.69, 9.17) is 14.6 Å². The van der Waals surface area contributed by atoms with E-state index in [-0.39, 0.29) is 6.54 Å². The van der Waals surface area contributed by atoms with Gasteiger partial charge in [0, 0.05) is 6.42 Å². The first kappa shape index (κ1) is 17.6. The van der Waals surface area contributed by atoms with Gasteiger partial charge >= 0.3 is 12.1 Å². The molecule has 1 saturated heterocycles. The quantitative estimate of drug-likeness (QED) is 0.796. The number of nitrogens with zero attached hydrogens (tertiary/aromatic N) is 2. The van der Waals surface area contributed by atoms with Gasteiger partial charge < -0.3 is 19.9 Å². The monoisotopic (exact) mass is 335 g/mol. The van der Waals surface area contributed by atoms with Crippen molar-refractivity contribution in [2.75, 3.05) is 14.2 Å². The van der Waals surface area contributed by atoms with Crippen LogP contribution in [0.4, 0.5) is 4.79 Å². The van der Waals surface area contributed by atoms with Crippen LogP contribution in [0.1, 0.15) is 24.8 Å². The molecule has 1 aliphatic heterocycles. The third-order valence-electron chi connectivity index (χ3n) is 3.66. The fourth-order valence-corrected chi connectivity index (χ4v) is 2.38. The Morgan fingerprint density at radius 3 is 2.62 bits per heavy atom. The Morgan fingerprint density at radius 2 is 2.04 bits per heavy atom. The van der Waals surface area contributed by atoms with Gasteiger partial charge in [-0.2, -0.15) is 10.1 Å². The molecule has 2 rings (SSSR count). The lowest BCUT2D eigenvalue weighted by Gasteiger charge is -2.24. The maximum Gasteiger partial charge on any atom is 0.430 e. The second-order valence-corrected chi connectivity index (χ2v) is 5.35. The zero-order chi connectivity index (χ0) is 17.5. The molecule has 2 N–H and O–H groups in total. The molecular formula is C16H21N3O5. The number of hydrogen-bond acceptors (Lipinski definition) is 5. The molecule has 0 bridgehead atoms. The number of carboxylic acid groups (broad SMARTS) is 1. The summed E-state index contributed by atoms with van der Waals surface area (Å²) in [6.45, 7) is 0.208. The van der Waals surface area contributed by atoms with Gasteiger partial charge in [-0.1, -0.05) is 12.1 Å². The van der Waals surface area contributed by atoms with Crippen molar-refractivity contribution in [3.63, 3.8) is 0 Å². The highest BCUT2D eigenvalue weighted by Gasteiger charge is 2.24. The van der Waals surface area contributed by atoms with Gasteiger partial charge in [-0.15, -0.1) is 0 Å². The maximum atomic E-state index is 12.0. The van der Waals surface area contributed by atoms with Gasteiger partial charge in [-0.05, 0) is 30.5 Å². The standard InChI is InChI=1S/C16H21N3O5/c1-23-12-8-6-11(7-9-12)10-19(16(22)24-2)18-14-5-3-4-13(17-14)15(20)21/h6-9,13H,3-5,10H2,1-2H3,(H,17,18)(H,20,21). The van der Waals surface area contributed by atoms with Crippen molar-refractivity contribution in [3.05, 3.63) is 29.8 Å². The van der Waals surface area contributed by atoms with Crippen molar-refractivity contribution in [2.24, 2.45) is 5.10 Å². The van der Waals surface area contributed by atoms with Crippen LogP contribution in [0.3, 0.4) is 0 Å². The van der Waals surface area contributed by atoms with Crippen LogP contribution in [0.5, 0.6) is 5.75 Å². The number of carbonyl (C=O) groups excluding carboxylic acids is 1. The van der Waals surface area contributed by atoms with Crippen LogP contribution in [0.25, 0.3) is 0 Å². The normalized spacial score (nSPS) is 18.6. The van der Waals surface area contributed by atoms with Crippen LogP contribution in [0.2, 0.25) is 0 Å². The highest BCUT2D eigenvalue weighted by Crippen LogP contribution is 2.15. The molecule has 1 heterocycles. The first-order chi connectivity index (χ1) is 11.5. The molecule has 1 unspecified atom stereocenters. The van der Waals surface area contributed by atoms with E-state index in [0.29, 0.717) is 30.8 Å². The molecule has 24 heavy (non-hydrogen) atoms. The number of rotatable bonds is 5. The summed E-state index contributed by atoms with van der Waals surface area (Å²) in [4.78, 5) is 23.0. The fourth-order valence-electron chi connectivity index (χ4n) is 2.38. The predicted octanol–water partition coefficient (Wildman–Crippen LogP) is 1.80. The molecular weight excluding hydrogens is 314 g/mol. The average molecular weight is 335 g/mol. The molecule has 1 aromatic carbocycles. The number of carbonyl (C=O) groups is 2. The van der Waals surface area contributed by atoms with E-state index in [1.165, 1.54) is 12.1 Å². The average Bonchev–Trinajstić information content (AvgIpc) is 2.61. The third-order valence-corrected chi connectivity index (χ3v) is 3.66. The maximum absolute atomic E-state index is 12.0. The second-order valence-electron chi connectivity index (χ2n) is 5.35. The first-order valence-electron chi connectivity index (χ1n) is 7.58. The minimum atomic E-state index is -0.929. The van der Waals surface area contributed by atoms with E-state index < -0.39 is 18.1 Å². The Morgan fingerprint density at radius 1 is 1.33 bits per heavy atom. The summed E-state index contributed by atoms with van der Waals surface area (Å²) < 4.78 is 9.86. The number of ether oxygens (including phenoxy) is 2. The van der Waals surface area contributed by atoms with Crippen LogP contribution >= 0.6 is 0 Å². The Bertz CT molecular complexity index is 615. The number of carboxylic acids is 1. The van der Waals surface area contributed by atoms with Crippen molar-refractivity contribution in [1.29, 1.82) is 0 Å². The van der Waals surface area contributed by atoms with Crippen molar-refractivity contribution >= 4 is 17.9 Å². The second kappa shape index (κ2) is 8.19. The predicted molar refractivity (Wildman–Crippen MR) is 86.8 cm³/mol. The van der Waals surface area contributed by atoms with E-state index in [1.54, 1.807) is 19.2 Å². The van der Waals surface area contributed by atoms with Gasteiger partial charge in [0.15, 0.2) is 0 Å². The van der Waals surface area contributed by atoms with Crippen molar-refractivity contribution in [2.45, 2.75) is 31.8 Å². The van der Waals surface area contributed by atoms with E-state index in [2.05, 4.69) is 10.4 Å². The lowest BCUT2D eigenvalue weighted by atomic mass is 10.0. The zero-order valence-electron chi connectivity index (χ0n) is 13.7. The molecule has 1 aromatic rings. The van der Waals surface area contributed by atoms with Gasteiger partial charge in [-0.25, -0.2) is 9.59 Å². The van der Waals surface area contributed by atoms with Gasteiger partial charge in [0.2, 0.25) is 0 Å². The molecule has 8 nitrogen and oxygen atoms in total. The number of hydrogen-bond donors (Lipinski definition) is 2. The number of aliphatic carboxylic acids is 1. The van der Waals surface area contributed by atoms with Gasteiger partial charge in [-0.3, -0.25) is 0 Å². The van der Waals surface area contributed by atoms with Gasteiger partial charge in [0.1, 0.15) is 17.6 Å². The van der Waals surface area contributed by atoms with Crippen LogP contribution in [0, 0.1) is 0 Å². The summed E-state index contributed by atoms with van der Waals surface area (Å²) in [7, 11) is 2.85. The van der Waals surface area contributed by atoms with E-state index in [1.807, 2.05) is 12.1 Å². The largest absolute Gasteiger partial charge is 0.497 e. The Labute approximate surface area is 140 Å². The minimum Gasteiger partial charge on any atom is -0.497 e. The molecule has 0 aliphatic carbocycles. The van der Waals surface area contributed by atoms with Crippen LogP contribution in [-0.2, 0) is 16.1 Å². The molecule has 0 aromatic heterocycles. The van der Waals surface area contributed by atoms with E-state index >= 15 is 0 Å². The summed E-state index contributed by atoms with van der Waals surface area (Å²) in [6.07, 6.45) is 1.20. The van der Waals surface area contributed by atoms with Crippen LogP contribution in [-0.4, -0.2) is 48.3 Å². The molecule has 1 aliphatic rings. The number of amides is 1.